The van der Waals surface area contributed by atoms with Crippen LogP contribution in [0.1, 0.15) is 33.8 Å². The van der Waals surface area contributed by atoms with Crippen molar-refractivity contribution < 1.29 is 24.2 Å². The zero-order valence-electron chi connectivity index (χ0n) is 18.7. The predicted molar refractivity (Wildman–Crippen MR) is 139 cm³/mol. The average Bonchev–Trinajstić information content (AvgIpc) is 3.47. The average molecular weight is 582 g/mol. The first kappa shape index (κ1) is 23.3. The molecule has 2 N–H and O–H groups in total. The van der Waals surface area contributed by atoms with Crippen molar-refractivity contribution in [2.24, 2.45) is 5.92 Å². The molecule has 1 aliphatic heterocycles. The van der Waals surface area contributed by atoms with E-state index < -0.39 is 18.0 Å². The van der Waals surface area contributed by atoms with Crippen LogP contribution in [0.15, 0.2) is 66.7 Å². The Morgan fingerprint density at radius 1 is 1.00 bits per heavy atom. The van der Waals surface area contributed by atoms with Gasteiger partial charge in [0.15, 0.2) is 0 Å². The minimum atomic E-state index is -0.877. The molecule has 1 aliphatic carbocycles. The summed E-state index contributed by atoms with van der Waals surface area (Å²) in [6.07, 6.45) is -0.104. The van der Waals surface area contributed by atoms with Crippen molar-refractivity contribution in [1.29, 1.82) is 0 Å². The van der Waals surface area contributed by atoms with Crippen LogP contribution in [-0.2, 0) is 9.53 Å². The fourth-order valence-electron chi connectivity index (χ4n) is 4.82. The summed E-state index contributed by atoms with van der Waals surface area (Å²) in [5.74, 6) is -1.63. The highest BCUT2D eigenvalue weighted by atomic mass is 127. The topological polar surface area (TPSA) is 95.9 Å². The highest BCUT2D eigenvalue weighted by Crippen LogP contribution is 2.44. The number of aliphatic carboxylic acids is 1. The molecule has 3 aromatic rings. The molecule has 35 heavy (non-hydrogen) atoms. The van der Waals surface area contributed by atoms with Crippen LogP contribution in [0.25, 0.3) is 11.1 Å². The van der Waals surface area contributed by atoms with Gasteiger partial charge in [-0.2, -0.15) is 0 Å². The summed E-state index contributed by atoms with van der Waals surface area (Å²) >= 11 is 2.06. The molecule has 0 radical (unpaired) electrons. The van der Waals surface area contributed by atoms with Crippen molar-refractivity contribution in [3.8, 4) is 11.1 Å². The van der Waals surface area contributed by atoms with Gasteiger partial charge in [0, 0.05) is 28.1 Å². The number of benzene rings is 3. The van der Waals surface area contributed by atoms with E-state index >= 15 is 0 Å². The van der Waals surface area contributed by atoms with Gasteiger partial charge in [0.05, 0.1) is 11.6 Å². The van der Waals surface area contributed by atoms with E-state index in [4.69, 9.17) is 9.84 Å². The van der Waals surface area contributed by atoms with Gasteiger partial charge in [0.1, 0.15) is 6.61 Å². The Labute approximate surface area is 216 Å². The molecular formula is C27H23IN2O5. The highest BCUT2D eigenvalue weighted by Gasteiger charge is 2.32. The monoisotopic (exact) mass is 582 g/mol. The molecule has 8 heteroatoms. The van der Waals surface area contributed by atoms with Crippen LogP contribution in [0.2, 0.25) is 0 Å². The van der Waals surface area contributed by atoms with Gasteiger partial charge in [-0.25, -0.2) is 4.79 Å². The molecule has 2 aliphatic rings. The largest absolute Gasteiger partial charge is 0.481 e. The SMILES string of the molecule is O=C(Nc1ccc(C(=O)N2CCC(C(=O)O)C2)cc1I)OCC1c2ccccc2-c2ccccc21. The van der Waals surface area contributed by atoms with Crippen LogP contribution in [0.5, 0.6) is 0 Å². The molecule has 178 valence electrons. The van der Waals surface area contributed by atoms with E-state index in [2.05, 4.69) is 52.2 Å². The third-order valence-electron chi connectivity index (χ3n) is 6.62. The zero-order chi connectivity index (χ0) is 24.5. The number of rotatable bonds is 5. The molecule has 0 aromatic heterocycles. The first-order chi connectivity index (χ1) is 16.9. The number of hydrogen-bond donors (Lipinski definition) is 2. The number of hydrogen-bond acceptors (Lipinski definition) is 4. The van der Waals surface area contributed by atoms with Gasteiger partial charge in [-0.05, 0) is 69.5 Å². The van der Waals surface area contributed by atoms with E-state index in [1.165, 1.54) is 11.1 Å². The van der Waals surface area contributed by atoms with E-state index in [1.54, 1.807) is 23.1 Å². The number of nitrogens with zero attached hydrogens (tertiary/aromatic N) is 1. The number of carbonyl (C=O) groups excluding carboxylic acids is 2. The van der Waals surface area contributed by atoms with Crippen molar-refractivity contribution in [2.75, 3.05) is 25.0 Å². The second-order valence-corrected chi connectivity index (χ2v) is 9.88. The Bertz CT molecular complexity index is 1280. The van der Waals surface area contributed by atoms with Crippen molar-refractivity contribution in [3.05, 3.63) is 87.0 Å². The number of anilines is 1. The van der Waals surface area contributed by atoms with E-state index in [0.717, 1.165) is 11.1 Å². The number of carboxylic acids is 1. The Kier molecular flexibility index (Phi) is 6.46. The molecule has 1 fully saturated rings. The highest BCUT2D eigenvalue weighted by molar-refractivity contribution is 14.1. The fraction of sp³-hybridized carbons (Fsp3) is 0.222. The molecule has 1 saturated heterocycles. The summed E-state index contributed by atoms with van der Waals surface area (Å²) in [6.45, 7) is 0.851. The summed E-state index contributed by atoms with van der Waals surface area (Å²) in [5.41, 5.74) is 5.62. The lowest BCUT2D eigenvalue weighted by molar-refractivity contribution is -0.141. The normalized spacial score (nSPS) is 16.5. The van der Waals surface area contributed by atoms with Crippen LogP contribution in [0.3, 0.4) is 0 Å². The van der Waals surface area contributed by atoms with Crippen molar-refractivity contribution in [3.63, 3.8) is 0 Å². The third-order valence-corrected chi connectivity index (χ3v) is 7.51. The third kappa shape index (κ3) is 4.62. The van der Waals surface area contributed by atoms with Crippen molar-refractivity contribution in [2.45, 2.75) is 12.3 Å². The van der Waals surface area contributed by atoms with E-state index in [9.17, 15) is 14.4 Å². The lowest BCUT2D eigenvalue weighted by Gasteiger charge is -2.17. The van der Waals surface area contributed by atoms with Crippen LogP contribution >= 0.6 is 22.6 Å². The molecule has 5 rings (SSSR count). The molecule has 7 nitrogen and oxygen atoms in total. The number of nitrogens with one attached hydrogen (secondary N) is 1. The summed E-state index contributed by atoms with van der Waals surface area (Å²) < 4.78 is 6.30. The Morgan fingerprint density at radius 2 is 1.66 bits per heavy atom. The molecule has 1 atom stereocenters. The molecule has 1 unspecified atom stereocenters. The summed E-state index contributed by atoms with van der Waals surface area (Å²) in [6, 6.07) is 21.3. The van der Waals surface area contributed by atoms with Crippen LogP contribution in [-0.4, -0.2) is 47.7 Å². The first-order valence-corrected chi connectivity index (χ1v) is 12.4. The molecule has 0 spiro atoms. The van der Waals surface area contributed by atoms with Crippen molar-refractivity contribution >= 4 is 46.2 Å². The Morgan fingerprint density at radius 3 is 2.26 bits per heavy atom. The van der Waals surface area contributed by atoms with E-state index in [-0.39, 0.29) is 25.0 Å². The molecule has 2 amide bonds. The number of fused-ring (bicyclic) bond motifs is 3. The summed E-state index contributed by atoms with van der Waals surface area (Å²) in [5, 5.41) is 11.9. The molecule has 0 bridgehead atoms. The van der Waals surface area contributed by atoms with Crippen LogP contribution in [0, 0.1) is 9.49 Å². The maximum Gasteiger partial charge on any atom is 0.411 e. The van der Waals surface area contributed by atoms with Crippen LogP contribution < -0.4 is 5.32 Å². The van der Waals surface area contributed by atoms with E-state index in [0.29, 0.717) is 27.8 Å². The summed E-state index contributed by atoms with van der Waals surface area (Å²) in [4.78, 5) is 38.1. The maximum atomic E-state index is 12.8. The number of ether oxygens (including phenoxy) is 1. The van der Waals surface area contributed by atoms with Gasteiger partial charge in [0.25, 0.3) is 5.91 Å². The predicted octanol–water partition coefficient (Wildman–Crippen LogP) is 5.20. The Balaban J connectivity index is 1.23. The van der Waals surface area contributed by atoms with Gasteiger partial charge < -0.3 is 14.7 Å². The van der Waals surface area contributed by atoms with Gasteiger partial charge >= 0.3 is 12.1 Å². The van der Waals surface area contributed by atoms with Gasteiger partial charge in [0.2, 0.25) is 0 Å². The maximum absolute atomic E-state index is 12.8. The minimum absolute atomic E-state index is 0.0256. The first-order valence-electron chi connectivity index (χ1n) is 11.4. The quantitative estimate of drug-likeness (QED) is 0.404. The number of halogens is 1. The summed E-state index contributed by atoms with van der Waals surface area (Å²) in [7, 11) is 0. The minimum Gasteiger partial charge on any atom is -0.481 e. The lowest BCUT2D eigenvalue weighted by atomic mass is 9.98. The second kappa shape index (κ2) is 9.69. The number of likely N-dealkylation sites (tertiary alicyclic amines) is 1. The standard InChI is InChI=1S/C27H23IN2O5/c28-23-13-16(25(31)30-12-11-17(14-30)26(32)33)9-10-24(23)29-27(34)35-15-22-20-7-3-1-5-18(20)19-6-2-4-8-21(19)22/h1-10,13,17,22H,11-12,14-15H2,(H,29,34)(H,32,33). The zero-order valence-corrected chi connectivity index (χ0v) is 20.9. The molecule has 1 heterocycles. The number of carbonyl (C=O) groups is 3. The van der Waals surface area contributed by atoms with Crippen LogP contribution in [0.4, 0.5) is 10.5 Å². The Hall–Kier alpha value is -3.40. The van der Waals surface area contributed by atoms with Crippen molar-refractivity contribution in [1.82, 2.24) is 4.90 Å². The van der Waals surface area contributed by atoms with Gasteiger partial charge in [-0.15, -0.1) is 0 Å². The molecular weight excluding hydrogens is 559 g/mol. The fourth-order valence-corrected chi connectivity index (χ4v) is 5.47. The smallest absolute Gasteiger partial charge is 0.411 e. The number of amides is 2. The molecule has 3 aromatic carbocycles. The second-order valence-electron chi connectivity index (χ2n) is 8.72. The van der Waals surface area contributed by atoms with Gasteiger partial charge in [-0.3, -0.25) is 14.9 Å². The van der Waals surface area contributed by atoms with Gasteiger partial charge in [-0.1, -0.05) is 48.5 Å². The lowest BCUT2D eigenvalue weighted by Crippen LogP contribution is -2.30. The number of carboxylic acid groups (broad SMARTS) is 1. The van der Waals surface area contributed by atoms with E-state index in [1.807, 2.05) is 24.3 Å². The molecule has 0 saturated carbocycles.